The van der Waals surface area contributed by atoms with Crippen molar-refractivity contribution in [1.29, 1.82) is 0 Å². The van der Waals surface area contributed by atoms with Crippen LogP contribution in [0.15, 0.2) is 0 Å². The Morgan fingerprint density at radius 1 is 1.06 bits per heavy atom. The van der Waals surface area contributed by atoms with E-state index < -0.39 is 0 Å². The zero-order valence-electron chi connectivity index (χ0n) is 11.1. The Kier molecular flexibility index (Phi) is 3.91. The normalized spacial score (nSPS) is 38.8. The van der Waals surface area contributed by atoms with Crippen molar-refractivity contribution in [2.45, 2.75) is 77.0 Å². The van der Waals surface area contributed by atoms with Gasteiger partial charge in [-0.15, -0.1) is 0 Å². The Balaban J connectivity index is 1.78. The summed E-state index contributed by atoms with van der Waals surface area (Å²) in [6, 6.07) is 1.49. The standard InChI is InChI=1S/C14H27NO/c1-14(2)10-4-5-13(14)15-11-6-8-12(16-3)9-7-11/h11-13,15H,4-10H2,1-3H3. The summed E-state index contributed by atoms with van der Waals surface area (Å²) in [5.41, 5.74) is 0.512. The van der Waals surface area contributed by atoms with Crippen molar-refractivity contribution < 1.29 is 4.74 Å². The molecule has 2 fully saturated rings. The molecule has 0 aromatic rings. The molecule has 0 bridgehead atoms. The molecule has 2 aliphatic rings. The number of nitrogens with one attached hydrogen (secondary N) is 1. The third-order valence-electron chi connectivity index (χ3n) is 4.70. The van der Waals surface area contributed by atoms with E-state index in [1.807, 2.05) is 7.11 Å². The highest BCUT2D eigenvalue weighted by atomic mass is 16.5. The van der Waals surface area contributed by atoms with Gasteiger partial charge in [-0.3, -0.25) is 0 Å². The fourth-order valence-electron chi connectivity index (χ4n) is 3.39. The molecule has 1 atom stereocenters. The van der Waals surface area contributed by atoms with Gasteiger partial charge in [0, 0.05) is 19.2 Å². The van der Waals surface area contributed by atoms with Gasteiger partial charge in [-0.2, -0.15) is 0 Å². The van der Waals surface area contributed by atoms with Gasteiger partial charge in [-0.05, 0) is 43.9 Å². The highest BCUT2D eigenvalue weighted by Crippen LogP contribution is 2.38. The predicted molar refractivity (Wildman–Crippen MR) is 67.6 cm³/mol. The summed E-state index contributed by atoms with van der Waals surface area (Å²) in [5, 5.41) is 3.90. The number of hydrogen-bond acceptors (Lipinski definition) is 2. The fourth-order valence-corrected chi connectivity index (χ4v) is 3.39. The summed E-state index contributed by atoms with van der Waals surface area (Å²) in [4.78, 5) is 0. The first-order valence-electron chi connectivity index (χ1n) is 6.90. The summed E-state index contributed by atoms with van der Waals surface area (Å²) >= 11 is 0. The van der Waals surface area contributed by atoms with Crippen LogP contribution in [-0.2, 0) is 4.74 Å². The van der Waals surface area contributed by atoms with Crippen LogP contribution >= 0.6 is 0 Å². The maximum Gasteiger partial charge on any atom is 0.0572 e. The molecule has 2 rings (SSSR count). The number of ether oxygens (including phenoxy) is 1. The molecule has 0 aromatic heterocycles. The summed E-state index contributed by atoms with van der Waals surface area (Å²) in [6.07, 6.45) is 9.75. The van der Waals surface area contributed by atoms with E-state index >= 15 is 0 Å². The molecule has 0 spiro atoms. The number of hydrogen-bond donors (Lipinski definition) is 1. The Bertz CT molecular complexity index is 219. The van der Waals surface area contributed by atoms with Crippen molar-refractivity contribution in [2.24, 2.45) is 5.41 Å². The molecule has 0 saturated heterocycles. The van der Waals surface area contributed by atoms with Crippen molar-refractivity contribution >= 4 is 0 Å². The quantitative estimate of drug-likeness (QED) is 0.797. The van der Waals surface area contributed by atoms with Gasteiger partial charge in [-0.25, -0.2) is 0 Å². The molecule has 0 aromatic carbocycles. The van der Waals surface area contributed by atoms with Gasteiger partial charge in [0.1, 0.15) is 0 Å². The molecule has 1 unspecified atom stereocenters. The summed E-state index contributed by atoms with van der Waals surface area (Å²) in [7, 11) is 1.85. The lowest BCUT2D eigenvalue weighted by Gasteiger charge is -2.35. The van der Waals surface area contributed by atoms with E-state index in [4.69, 9.17) is 4.74 Å². The van der Waals surface area contributed by atoms with Crippen LogP contribution in [0.3, 0.4) is 0 Å². The lowest BCUT2D eigenvalue weighted by molar-refractivity contribution is 0.0590. The van der Waals surface area contributed by atoms with E-state index in [9.17, 15) is 0 Å². The minimum Gasteiger partial charge on any atom is -0.381 e. The molecular formula is C14H27NO. The summed E-state index contributed by atoms with van der Waals surface area (Å²) in [5.74, 6) is 0. The molecule has 94 valence electrons. The van der Waals surface area contributed by atoms with E-state index in [1.54, 1.807) is 0 Å². The van der Waals surface area contributed by atoms with Gasteiger partial charge in [-0.1, -0.05) is 20.3 Å². The average Bonchev–Trinajstić information content (AvgIpc) is 2.59. The summed E-state index contributed by atoms with van der Waals surface area (Å²) in [6.45, 7) is 4.83. The maximum atomic E-state index is 5.42. The highest BCUT2D eigenvalue weighted by Gasteiger charge is 2.36. The van der Waals surface area contributed by atoms with Crippen LogP contribution in [0.4, 0.5) is 0 Å². The monoisotopic (exact) mass is 225 g/mol. The minimum atomic E-state index is 0.512. The van der Waals surface area contributed by atoms with Crippen molar-refractivity contribution in [3.05, 3.63) is 0 Å². The molecule has 16 heavy (non-hydrogen) atoms. The first-order chi connectivity index (χ1) is 7.62. The second-order valence-electron chi connectivity index (χ2n) is 6.31. The maximum absolute atomic E-state index is 5.42. The zero-order valence-corrected chi connectivity index (χ0v) is 11.1. The van der Waals surface area contributed by atoms with E-state index in [0.717, 1.165) is 12.1 Å². The van der Waals surface area contributed by atoms with Crippen LogP contribution in [0.5, 0.6) is 0 Å². The average molecular weight is 225 g/mol. The molecule has 1 N–H and O–H groups in total. The van der Waals surface area contributed by atoms with Gasteiger partial charge in [0.05, 0.1) is 6.10 Å². The van der Waals surface area contributed by atoms with Gasteiger partial charge >= 0.3 is 0 Å². The van der Waals surface area contributed by atoms with E-state index in [-0.39, 0.29) is 0 Å². The second kappa shape index (κ2) is 5.05. The molecule has 2 heteroatoms. The Morgan fingerprint density at radius 3 is 2.25 bits per heavy atom. The molecule has 2 saturated carbocycles. The Morgan fingerprint density at radius 2 is 1.75 bits per heavy atom. The Hall–Kier alpha value is -0.0800. The van der Waals surface area contributed by atoms with Gasteiger partial charge in [0.2, 0.25) is 0 Å². The van der Waals surface area contributed by atoms with Crippen LogP contribution in [0.2, 0.25) is 0 Å². The lowest BCUT2D eigenvalue weighted by atomic mass is 9.85. The van der Waals surface area contributed by atoms with Crippen molar-refractivity contribution in [2.75, 3.05) is 7.11 Å². The smallest absolute Gasteiger partial charge is 0.0572 e. The van der Waals surface area contributed by atoms with E-state index in [0.29, 0.717) is 11.5 Å². The lowest BCUT2D eigenvalue weighted by Crippen LogP contribution is -2.45. The van der Waals surface area contributed by atoms with Crippen LogP contribution in [-0.4, -0.2) is 25.3 Å². The third kappa shape index (κ3) is 2.78. The van der Waals surface area contributed by atoms with Crippen molar-refractivity contribution in [3.63, 3.8) is 0 Å². The molecule has 2 nitrogen and oxygen atoms in total. The minimum absolute atomic E-state index is 0.512. The predicted octanol–water partition coefficient (Wildman–Crippen LogP) is 3.11. The molecule has 2 aliphatic carbocycles. The van der Waals surface area contributed by atoms with E-state index in [1.165, 1.54) is 44.9 Å². The van der Waals surface area contributed by atoms with Crippen LogP contribution in [0, 0.1) is 5.41 Å². The SMILES string of the molecule is COC1CCC(NC2CCCC2(C)C)CC1. The number of rotatable bonds is 3. The van der Waals surface area contributed by atoms with Gasteiger partial charge in [0.25, 0.3) is 0 Å². The topological polar surface area (TPSA) is 21.3 Å². The van der Waals surface area contributed by atoms with E-state index in [2.05, 4.69) is 19.2 Å². The molecule has 0 radical (unpaired) electrons. The van der Waals surface area contributed by atoms with Crippen molar-refractivity contribution in [1.82, 2.24) is 5.32 Å². The van der Waals surface area contributed by atoms with Gasteiger partial charge in [0.15, 0.2) is 0 Å². The van der Waals surface area contributed by atoms with Crippen LogP contribution in [0.1, 0.15) is 58.8 Å². The molecular weight excluding hydrogens is 198 g/mol. The second-order valence-corrected chi connectivity index (χ2v) is 6.31. The zero-order chi connectivity index (χ0) is 11.6. The summed E-state index contributed by atoms with van der Waals surface area (Å²) < 4.78 is 5.42. The van der Waals surface area contributed by atoms with Gasteiger partial charge < -0.3 is 10.1 Å². The molecule has 0 aliphatic heterocycles. The Labute approximate surface area is 100 Å². The first kappa shape index (κ1) is 12.4. The fraction of sp³-hybridized carbons (Fsp3) is 1.00. The van der Waals surface area contributed by atoms with Crippen LogP contribution in [0.25, 0.3) is 0 Å². The van der Waals surface area contributed by atoms with Crippen LogP contribution < -0.4 is 5.32 Å². The largest absolute Gasteiger partial charge is 0.381 e. The first-order valence-corrected chi connectivity index (χ1v) is 6.90. The molecule has 0 heterocycles. The van der Waals surface area contributed by atoms with Crippen molar-refractivity contribution in [3.8, 4) is 0 Å². The molecule has 0 amide bonds. The third-order valence-corrected chi connectivity index (χ3v) is 4.70. The highest BCUT2D eigenvalue weighted by molar-refractivity contribution is 4.92. The number of methoxy groups -OCH3 is 1.